The number of nitrogens with one attached hydrogen (secondary N) is 1. The van der Waals surface area contributed by atoms with Gasteiger partial charge < -0.3 is 9.47 Å². The lowest BCUT2D eigenvalue weighted by molar-refractivity contribution is 0.394. The Morgan fingerprint density at radius 2 is 1.86 bits per heavy atom. The van der Waals surface area contributed by atoms with Crippen LogP contribution in [-0.2, 0) is 0 Å². The van der Waals surface area contributed by atoms with Crippen molar-refractivity contribution in [2.45, 2.75) is 13.0 Å². The molecule has 0 amide bonds. The molecule has 112 valence electrons. The number of benzene rings is 2. The molecular weight excluding hydrogens is 332 g/mol. The van der Waals surface area contributed by atoms with Crippen LogP contribution in [0.25, 0.3) is 0 Å². The zero-order valence-electron chi connectivity index (χ0n) is 12.3. The topological polar surface area (TPSA) is 56.5 Å². The van der Waals surface area contributed by atoms with Crippen LogP contribution >= 0.6 is 15.9 Å². The summed E-state index contributed by atoms with van der Waals surface area (Å²) in [5.41, 5.74) is 6.02. The molecule has 2 rings (SSSR count). The van der Waals surface area contributed by atoms with Crippen LogP contribution in [0, 0.1) is 6.92 Å². The third kappa shape index (κ3) is 3.20. The van der Waals surface area contributed by atoms with Crippen molar-refractivity contribution >= 4 is 15.9 Å². The fourth-order valence-corrected chi connectivity index (χ4v) is 2.73. The Balaban J connectivity index is 2.57. The zero-order chi connectivity index (χ0) is 15.4. The second-order valence-corrected chi connectivity index (χ2v) is 5.52. The maximum Gasteiger partial charge on any atom is 0.124 e. The van der Waals surface area contributed by atoms with Gasteiger partial charge in [0.05, 0.1) is 20.3 Å². The minimum absolute atomic E-state index is 0.187. The summed E-state index contributed by atoms with van der Waals surface area (Å²) in [6.45, 7) is 2.05. The molecule has 3 N–H and O–H groups in total. The van der Waals surface area contributed by atoms with E-state index in [1.54, 1.807) is 14.2 Å². The normalized spacial score (nSPS) is 12.0. The fourth-order valence-electron chi connectivity index (χ4n) is 2.35. The minimum atomic E-state index is -0.187. The van der Waals surface area contributed by atoms with Crippen molar-refractivity contribution in [3.8, 4) is 11.5 Å². The quantitative estimate of drug-likeness (QED) is 0.641. The smallest absolute Gasteiger partial charge is 0.124 e. The molecule has 21 heavy (non-hydrogen) atoms. The molecule has 0 saturated heterocycles. The summed E-state index contributed by atoms with van der Waals surface area (Å²) >= 11 is 3.56. The van der Waals surface area contributed by atoms with Crippen LogP contribution in [0.15, 0.2) is 40.9 Å². The molecule has 0 fully saturated rings. The van der Waals surface area contributed by atoms with Gasteiger partial charge in [-0.3, -0.25) is 5.84 Å². The van der Waals surface area contributed by atoms with Gasteiger partial charge in [0, 0.05) is 10.0 Å². The summed E-state index contributed by atoms with van der Waals surface area (Å²) in [6.07, 6.45) is 0. The van der Waals surface area contributed by atoms with Crippen LogP contribution in [0.4, 0.5) is 0 Å². The van der Waals surface area contributed by atoms with E-state index in [9.17, 15) is 0 Å². The lowest BCUT2D eigenvalue weighted by Crippen LogP contribution is -2.29. The molecular formula is C16H19BrN2O2. The van der Waals surface area contributed by atoms with Gasteiger partial charge in [-0.05, 0) is 42.3 Å². The molecule has 4 nitrogen and oxygen atoms in total. The largest absolute Gasteiger partial charge is 0.497 e. The number of hydrazine groups is 1. The highest BCUT2D eigenvalue weighted by atomic mass is 79.9. The van der Waals surface area contributed by atoms with Crippen molar-refractivity contribution in [2.75, 3.05) is 14.2 Å². The highest BCUT2D eigenvalue weighted by molar-refractivity contribution is 9.10. The Hall–Kier alpha value is -1.56. The first-order valence-corrected chi connectivity index (χ1v) is 7.34. The van der Waals surface area contributed by atoms with E-state index in [0.717, 1.165) is 32.7 Å². The van der Waals surface area contributed by atoms with Gasteiger partial charge in [-0.15, -0.1) is 0 Å². The maximum atomic E-state index is 5.81. The molecule has 0 aliphatic heterocycles. The van der Waals surface area contributed by atoms with Crippen LogP contribution < -0.4 is 20.7 Å². The van der Waals surface area contributed by atoms with E-state index in [0.29, 0.717) is 0 Å². The number of ether oxygens (including phenoxy) is 2. The van der Waals surface area contributed by atoms with Crippen LogP contribution in [0.3, 0.4) is 0 Å². The summed E-state index contributed by atoms with van der Waals surface area (Å²) < 4.78 is 11.8. The predicted molar refractivity (Wildman–Crippen MR) is 87.6 cm³/mol. The molecule has 2 aromatic carbocycles. The number of rotatable bonds is 5. The summed E-state index contributed by atoms with van der Waals surface area (Å²) in [7, 11) is 3.29. The highest BCUT2D eigenvalue weighted by Gasteiger charge is 2.20. The van der Waals surface area contributed by atoms with Crippen molar-refractivity contribution in [2.24, 2.45) is 5.84 Å². The molecule has 0 heterocycles. The van der Waals surface area contributed by atoms with E-state index in [2.05, 4.69) is 28.3 Å². The predicted octanol–water partition coefficient (Wildman–Crippen LogP) is 3.33. The number of methoxy groups -OCH3 is 2. The van der Waals surface area contributed by atoms with Gasteiger partial charge >= 0.3 is 0 Å². The average Bonchev–Trinajstić information content (AvgIpc) is 2.52. The third-order valence-electron chi connectivity index (χ3n) is 3.54. The van der Waals surface area contributed by atoms with Gasteiger partial charge in [0.1, 0.15) is 11.5 Å². The molecule has 5 heteroatoms. The highest BCUT2D eigenvalue weighted by Crippen LogP contribution is 2.35. The van der Waals surface area contributed by atoms with E-state index in [-0.39, 0.29) is 6.04 Å². The first kappa shape index (κ1) is 15.8. The van der Waals surface area contributed by atoms with Crippen molar-refractivity contribution in [3.63, 3.8) is 0 Å². The van der Waals surface area contributed by atoms with E-state index in [4.69, 9.17) is 15.3 Å². The van der Waals surface area contributed by atoms with Crippen LogP contribution in [0.1, 0.15) is 22.7 Å². The van der Waals surface area contributed by atoms with E-state index < -0.39 is 0 Å². The van der Waals surface area contributed by atoms with Gasteiger partial charge in [0.2, 0.25) is 0 Å². The van der Waals surface area contributed by atoms with Crippen molar-refractivity contribution < 1.29 is 9.47 Å². The van der Waals surface area contributed by atoms with Crippen LogP contribution in [0.2, 0.25) is 0 Å². The van der Waals surface area contributed by atoms with Gasteiger partial charge in [0.25, 0.3) is 0 Å². The molecule has 2 aromatic rings. The Kier molecular flexibility index (Phi) is 5.22. The van der Waals surface area contributed by atoms with Gasteiger partial charge in [-0.1, -0.05) is 28.1 Å². The third-order valence-corrected chi connectivity index (χ3v) is 4.39. The van der Waals surface area contributed by atoms with Crippen molar-refractivity contribution in [3.05, 3.63) is 57.6 Å². The SMILES string of the molecule is COc1ccc(OC)c(C(NN)c2cccc(Br)c2C)c1. The first-order chi connectivity index (χ1) is 10.1. The first-order valence-electron chi connectivity index (χ1n) is 6.55. The molecule has 0 aromatic heterocycles. The second kappa shape index (κ2) is 6.93. The summed E-state index contributed by atoms with van der Waals surface area (Å²) in [6, 6.07) is 11.5. The molecule has 0 bridgehead atoms. The lowest BCUT2D eigenvalue weighted by Gasteiger charge is -2.22. The van der Waals surface area contributed by atoms with Gasteiger partial charge in [0.15, 0.2) is 0 Å². The van der Waals surface area contributed by atoms with Crippen LogP contribution in [0.5, 0.6) is 11.5 Å². The summed E-state index contributed by atoms with van der Waals surface area (Å²) in [4.78, 5) is 0. The molecule has 0 spiro atoms. The average molecular weight is 351 g/mol. The van der Waals surface area contributed by atoms with E-state index in [1.807, 2.05) is 36.4 Å². The molecule has 0 saturated carbocycles. The monoisotopic (exact) mass is 350 g/mol. The maximum absolute atomic E-state index is 5.81. The summed E-state index contributed by atoms with van der Waals surface area (Å²) in [5.74, 6) is 7.33. The van der Waals surface area contributed by atoms with E-state index in [1.165, 1.54) is 0 Å². The Morgan fingerprint density at radius 1 is 1.10 bits per heavy atom. The zero-order valence-corrected chi connectivity index (χ0v) is 13.9. The van der Waals surface area contributed by atoms with Gasteiger partial charge in [-0.2, -0.15) is 0 Å². The fraction of sp³-hybridized carbons (Fsp3) is 0.250. The van der Waals surface area contributed by atoms with Crippen molar-refractivity contribution in [1.29, 1.82) is 0 Å². The molecule has 1 unspecified atom stereocenters. The standard InChI is InChI=1S/C16H19BrN2O2/c1-10-12(5-4-6-14(10)17)16(19-18)13-9-11(20-2)7-8-15(13)21-3/h4-9,16,19H,18H2,1-3H3. The number of hydrogen-bond acceptors (Lipinski definition) is 4. The number of nitrogens with two attached hydrogens (primary N) is 1. The molecule has 1 atom stereocenters. The Bertz CT molecular complexity index is 632. The molecule has 0 aliphatic rings. The minimum Gasteiger partial charge on any atom is -0.497 e. The van der Waals surface area contributed by atoms with Crippen molar-refractivity contribution in [1.82, 2.24) is 5.43 Å². The van der Waals surface area contributed by atoms with E-state index >= 15 is 0 Å². The number of halogens is 1. The Labute approximate surface area is 133 Å². The molecule has 0 aliphatic carbocycles. The lowest BCUT2D eigenvalue weighted by atomic mass is 9.94. The molecule has 0 radical (unpaired) electrons. The van der Waals surface area contributed by atoms with Gasteiger partial charge in [-0.25, -0.2) is 5.43 Å². The Morgan fingerprint density at radius 3 is 2.48 bits per heavy atom. The van der Waals surface area contributed by atoms with Crippen LogP contribution in [-0.4, -0.2) is 14.2 Å². The second-order valence-electron chi connectivity index (χ2n) is 4.66. The number of hydrogen-bond donors (Lipinski definition) is 2. The summed E-state index contributed by atoms with van der Waals surface area (Å²) in [5, 5.41) is 0.